The van der Waals surface area contributed by atoms with Crippen LogP contribution in [0.25, 0.3) is 0 Å². The van der Waals surface area contributed by atoms with Crippen LogP contribution in [-0.4, -0.2) is 30.1 Å². The lowest BCUT2D eigenvalue weighted by atomic mass is 10.00. The van der Waals surface area contributed by atoms with Crippen LogP contribution in [0.4, 0.5) is 0 Å². The van der Waals surface area contributed by atoms with E-state index in [9.17, 15) is 0 Å². The molecular weight excluding hydrogens is 232 g/mol. The van der Waals surface area contributed by atoms with Crippen molar-refractivity contribution in [3.8, 4) is 0 Å². The Morgan fingerprint density at radius 1 is 1.26 bits per heavy atom. The second-order valence-electron chi connectivity index (χ2n) is 6.02. The van der Waals surface area contributed by atoms with Gasteiger partial charge in [-0.25, -0.2) is 0 Å². The monoisotopic (exact) mass is 260 g/mol. The molecule has 0 saturated carbocycles. The molecule has 0 bridgehead atoms. The number of hydrogen-bond acceptors (Lipinski definition) is 2. The lowest BCUT2D eigenvalue weighted by molar-refractivity contribution is 0.103. The number of nitrogens with one attached hydrogen (secondary N) is 1. The summed E-state index contributed by atoms with van der Waals surface area (Å²) in [5, 5.41) is 3.55. The highest BCUT2D eigenvalue weighted by molar-refractivity contribution is 5.25. The highest BCUT2D eigenvalue weighted by Gasteiger charge is 2.26. The molecule has 0 radical (unpaired) electrons. The average Bonchev–Trinajstić information content (AvgIpc) is 2.42. The topological polar surface area (TPSA) is 15.3 Å². The van der Waals surface area contributed by atoms with Crippen LogP contribution < -0.4 is 5.32 Å². The van der Waals surface area contributed by atoms with E-state index in [-0.39, 0.29) is 0 Å². The van der Waals surface area contributed by atoms with Crippen molar-refractivity contribution in [1.82, 2.24) is 10.2 Å². The average molecular weight is 260 g/mol. The number of piperazine rings is 1. The quantitative estimate of drug-likeness (QED) is 0.893. The highest BCUT2D eigenvalue weighted by Crippen LogP contribution is 2.24. The second kappa shape index (κ2) is 6.53. The molecule has 1 fully saturated rings. The molecule has 0 aliphatic carbocycles. The van der Waals surface area contributed by atoms with Gasteiger partial charge in [-0.05, 0) is 38.3 Å². The summed E-state index contributed by atoms with van der Waals surface area (Å²) in [5.74, 6) is 0. The number of rotatable bonds is 4. The predicted octanol–water partition coefficient (Wildman–Crippen LogP) is 3.38. The standard InChI is InChI=1S/C17H28N2/c1-5-6-16-7-9-17(10-8-16)15(4)19-12-13(2)18-11-14(19)3/h7-10,13-15,18H,5-6,11-12H2,1-4H3. The van der Waals surface area contributed by atoms with Crippen molar-refractivity contribution >= 4 is 0 Å². The van der Waals surface area contributed by atoms with E-state index in [1.807, 2.05) is 0 Å². The maximum Gasteiger partial charge on any atom is 0.0323 e. The van der Waals surface area contributed by atoms with E-state index >= 15 is 0 Å². The van der Waals surface area contributed by atoms with Crippen LogP contribution in [0.15, 0.2) is 24.3 Å². The summed E-state index contributed by atoms with van der Waals surface area (Å²) in [6.45, 7) is 11.4. The molecule has 1 aliphatic heterocycles. The summed E-state index contributed by atoms with van der Waals surface area (Å²) in [5.41, 5.74) is 2.90. The largest absolute Gasteiger partial charge is 0.311 e. The van der Waals surface area contributed by atoms with Crippen LogP contribution in [0.5, 0.6) is 0 Å². The Hall–Kier alpha value is -0.860. The summed E-state index contributed by atoms with van der Waals surface area (Å²) in [6.07, 6.45) is 2.41. The molecule has 1 aromatic carbocycles. The van der Waals surface area contributed by atoms with Gasteiger partial charge in [0.2, 0.25) is 0 Å². The van der Waals surface area contributed by atoms with Gasteiger partial charge in [0.1, 0.15) is 0 Å². The van der Waals surface area contributed by atoms with Gasteiger partial charge in [-0.15, -0.1) is 0 Å². The molecule has 2 nitrogen and oxygen atoms in total. The molecule has 1 aromatic rings. The van der Waals surface area contributed by atoms with Gasteiger partial charge >= 0.3 is 0 Å². The van der Waals surface area contributed by atoms with Crippen molar-refractivity contribution in [2.75, 3.05) is 13.1 Å². The van der Waals surface area contributed by atoms with Crippen LogP contribution in [0.2, 0.25) is 0 Å². The van der Waals surface area contributed by atoms with Crippen molar-refractivity contribution in [3.63, 3.8) is 0 Å². The van der Waals surface area contributed by atoms with Gasteiger partial charge in [0.25, 0.3) is 0 Å². The summed E-state index contributed by atoms with van der Waals surface area (Å²) in [7, 11) is 0. The number of aryl methyl sites for hydroxylation is 1. The fourth-order valence-corrected chi connectivity index (χ4v) is 3.03. The first-order valence-electron chi connectivity index (χ1n) is 7.69. The SMILES string of the molecule is CCCc1ccc(C(C)N2CC(C)NCC2C)cc1. The molecular formula is C17H28N2. The molecule has 1 aliphatic rings. The summed E-state index contributed by atoms with van der Waals surface area (Å²) in [4.78, 5) is 2.62. The molecule has 3 atom stereocenters. The summed E-state index contributed by atoms with van der Waals surface area (Å²) < 4.78 is 0. The Morgan fingerprint density at radius 2 is 1.95 bits per heavy atom. The van der Waals surface area contributed by atoms with E-state index in [1.165, 1.54) is 24.0 Å². The normalized spacial score (nSPS) is 26.3. The summed E-state index contributed by atoms with van der Waals surface area (Å²) >= 11 is 0. The third-order valence-corrected chi connectivity index (χ3v) is 4.31. The minimum Gasteiger partial charge on any atom is -0.311 e. The first-order chi connectivity index (χ1) is 9.11. The highest BCUT2D eigenvalue weighted by atomic mass is 15.2. The van der Waals surface area contributed by atoms with Gasteiger partial charge in [-0.1, -0.05) is 37.6 Å². The zero-order chi connectivity index (χ0) is 13.8. The number of hydrogen-bond donors (Lipinski definition) is 1. The van der Waals surface area contributed by atoms with Crippen LogP contribution >= 0.6 is 0 Å². The van der Waals surface area contributed by atoms with Crippen LogP contribution in [-0.2, 0) is 6.42 Å². The Balaban J connectivity index is 2.07. The zero-order valence-corrected chi connectivity index (χ0v) is 12.8. The van der Waals surface area contributed by atoms with Gasteiger partial charge in [0, 0.05) is 31.2 Å². The molecule has 2 heteroatoms. The van der Waals surface area contributed by atoms with Gasteiger partial charge < -0.3 is 5.32 Å². The smallest absolute Gasteiger partial charge is 0.0323 e. The van der Waals surface area contributed by atoms with Gasteiger partial charge in [-0.2, -0.15) is 0 Å². The lowest BCUT2D eigenvalue weighted by Gasteiger charge is -2.41. The fraction of sp³-hybridized carbons (Fsp3) is 0.647. The first-order valence-corrected chi connectivity index (χ1v) is 7.69. The minimum absolute atomic E-state index is 0.509. The maximum absolute atomic E-state index is 3.55. The molecule has 0 amide bonds. The van der Waals surface area contributed by atoms with Gasteiger partial charge in [0.05, 0.1) is 0 Å². The molecule has 2 rings (SSSR count). The molecule has 19 heavy (non-hydrogen) atoms. The molecule has 0 aromatic heterocycles. The van der Waals surface area contributed by atoms with Gasteiger partial charge in [0.15, 0.2) is 0 Å². The molecule has 106 valence electrons. The van der Waals surface area contributed by atoms with E-state index in [1.54, 1.807) is 0 Å². The van der Waals surface area contributed by atoms with E-state index in [4.69, 9.17) is 0 Å². The number of nitrogens with zero attached hydrogens (tertiary/aromatic N) is 1. The Bertz CT molecular complexity index is 385. The van der Waals surface area contributed by atoms with E-state index in [0.717, 1.165) is 13.1 Å². The van der Waals surface area contributed by atoms with Crippen LogP contribution in [0, 0.1) is 0 Å². The Labute approximate surface area is 118 Å². The first kappa shape index (κ1) is 14.5. The third-order valence-electron chi connectivity index (χ3n) is 4.31. The van der Waals surface area contributed by atoms with E-state index in [0.29, 0.717) is 18.1 Å². The van der Waals surface area contributed by atoms with Crippen molar-refractivity contribution < 1.29 is 0 Å². The molecule has 0 spiro atoms. The number of benzene rings is 1. The Morgan fingerprint density at radius 3 is 2.58 bits per heavy atom. The van der Waals surface area contributed by atoms with Crippen LogP contribution in [0.1, 0.15) is 51.3 Å². The predicted molar refractivity (Wildman–Crippen MR) is 82.5 cm³/mol. The maximum atomic E-state index is 3.55. The molecule has 1 N–H and O–H groups in total. The Kier molecular flexibility index (Phi) is 5.00. The lowest BCUT2D eigenvalue weighted by Crippen LogP contribution is -2.54. The minimum atomic E-state index is 0.509. The van der Waals surface area contributed by atoms with E-state index < -0.39 is 0 Å². The zero-order valence-electron chi connectivity index (χ0n) is 12.8. The van der Waals surface area contributed by atoms with Gasteiger partial charge in [-0.3, -0.25) is 4.90 Å². The molecule has 1 saturated heterocycles. The molecule has 1 heterocycles. The van der Waals surface area contributed by atoms with Crippen molar-refractivity contribution in [2.24, 2.45) is 0 Å². The van der Waals surface area contributed by atoms with Crippen LogP contribution in [0.3, 0.4) is 0 Å². The van der Waals surface area contributed by atoms with Crippen molar-refractivity contribution in [1.29, 1.82) is 0 Å². The second-order valence-corrected chi connectivity index (χ2v) is 6.02. The van der Waals surface area contributed by atoms with Crippen molar-refractivity contribution in [3.05, 3.63) is 35.4 Å². The van der Waals surface area contributed by atoms with E-state index in [2.05, 4.69) is 62.2 Å². The summed E-state index contributed by atoms with van der Waals surface area (Å²) in [6, 6.07) is 10.9. The molecule has 3 unspecified atom stereocenters. The third kappa shape index (κ3) is 3.58. The fourth-order valence-electron chi connectivity index (χ4n) is 3.03. The van der Waals surface area contributed by atoms with Crippen molar-refractivity contribution in [2.45, 2.75) is 58.7 Å².